The van der Waals surface area contributed by atoms with E-state index in [1.54, 1.807) is 30.3 Å². The van der Waals surface area contributed by atoms with Crippen molar-refractivity contribution in [3.63, 3.8) is 0 Å². The molecule has 26 heavy (non-hydrogen) atoms. The average Bonchev–Trinajstić information content (AvgIpc) is 2.57. The van der Waals surface area contributed by atoms with Crippen LogP contribution in [-0.2, 0) is 25.7 Å². The highest BCUT2D eigenvalue weighted by Gasteiger charge is 2.31. The van der Waals surface area contributed by atoms with Crippen LogP contribution < -0.4 is 10.6 Å². The molecule has 10 heteroatoms. The number of carbonyl (C=O) groups is 4. The van der Waals surface area contributed by atoms with Crippen LogP contribution in [-0.4, -0.2) is 57.4 Å². The van der Waals surface area contributed by atoms with E-state index in [2.05, 4.69) is 5.32 Å². The number of ether oxygens (including phenoxy) is 1. The summed E-state index contributed by atoms with van der Waals surface area (Å²) in [5, 5.41) is 31.3. The van der Waals surface area contributed by atoms with Crippen LogP contribution in [0.1, 0.15) is 18.9 Å². The Bertz CT molecular complexity index is 647. The zero-order valence-electron chi connectivity index (χ0n) is 13.9. The Morgan fingerprint density at radius 1 is 1.08 bits per heavy atom. The van der Waals surface area contributed by atoms with Crippen LogP contribution in [0.4, 0.5) is 4.79 Å². The molecule has 0 bridgehead atoms. The van der Waals surface area contributed by atoms with E-state index in [9.17, 15) is 24.3 Å². The van der Waals surface area contributed by atoms with Crippen molar-refractivity contribution in [1.82, 2.24) is 10.6 Å². The van der Waals surface area contributed by atoms with Crippen LogP contribution in [0, 0.1) is 0 Å². The fourth-order valence-corrected chi connectivity index (χ4v) is 1.93. The van der Waals surface area contributed by atoms with E-state index >= 15 is 0 Å². The van der Waals surface area contributed by atoms with E-state index < -0.39 is 48.5 Å². The third-order valence-electron chi connectivity index (χ3n) is 3.24. The van der Waals surface area contributed by atoms with Gasteiger partial charge in [0, 0.05) is 0 Å². The zero-order valence-corrected chi connectivity index (χ0v) is 13.9. The number of hydrogen-bond acceptors (Lipinski definition) is 6. The second-order valence-corrected chi connectivity index (χ2v) is 5.42. The fraction of sp³-hybridized carbons (Fsp3) is 0.375. The predicted octanol–water partition coefficient (Wildman–Crippen LogP) is -0.294. The first-order chi connectivity index (χ1) is 12.2. The van der Waals surface area contributed by atoms with E-state index in [4.69, 9.17) is 14.9 Å². The molecular formula is C16H20N2O8. The van der Waals surface area contributed by atoms with E-state index in [1.165, 1.54) is 6.92 Å². The van der Waals surface area contributed by atoms with E-state index in [-0.39, 0.29) is 6.61 Å². The van der Waals surface area contributed by atoms with Crippen LogP contribution in [0.3, 0.4) is 0 Å². The van der Waals surface area contributed by atoms with Crippen molar-refractivity contribution in [2.24, 2.45) is 0 Å². The molecule has 1 aromatic rings. The quantitative estimate of drug-likeness (QED) is 0.397. The number of carbonyl (C=O) groups excluding carboxylic acids is 2. The number of carboxylic acids is 2. The largest absolute Gasteiger partial charge is 0.481 e. The third kappa shape index (κ3) is 7.18. The smallest absolute Gasteiger partial charge is 0.408 e. The van der Waals surface area contributed by atoms with Gasteiger partial charge in [-0.05, 0) is 12.5 Å². The highest BCUT2D eigenvalue weighted by molar-refractivity contribution is 5.91. The van der Waals surface area contributed by atoms with Gasteiger partial charge in [0.2, 0.25) is 5.91 Å². The number of nitrogens with one attached hydrogen (secondary N) is 2. The topological polar surface area (TPSA) is 162 Å². The summed E-state index contributed by atoms with van der Waals surface area (Å²) in [6.45, 7) is 1.13. The number of amides is 2. The third-order valence-corrected chi connectivity index (χ3v) is 3.24. The molecule has 3 atom stereocenters. The number of alkyl carbamates (subject to hydrolysis) is 1. The molecule has 0 saturated carbocycles. The maximum absolute atomic E-state index is 12.1. The van der Waals surface area contributed by atoms with Crippen molar-refractivity contribution < 1.29 is 39.2 Å². The van der Waals surface area contributed by atoms with Crippen molar-refractivity contribution in [2.45, 2.75) is 38.1 Å². The summed E-state index contributed by atoms with van der Waals surface area (Å²) in [5.41, 5.74) is 0.702. The molecule has 0 aliphatic rings. The first kappa shape index (κ1) is 20.9. The van der Waals surface area contributed by atoms with Gasteiger partial charge in [-0.15, -0.1) is 0 Å². The van der Waals surface area contributed by atoms with E-state index in [0.29, 0.717) is 5.56 Å². The molecule has 0 radical (unpaired) electrons. The van der Waals surface area contributed by atoms with Gasteiger partial charge >= 0.3 is 18.0 Å². The molecule has 5 N–H and O–H groups in total. The van der Waals surface area contributed by atoms with Gasteiger partial charge in [0.15, 0.2) is 0 Å². The fourth-order valence-electron chi connectivity index (χ4n) is 1.93. The van der Waals surface area contributed by atoms with Crippen molar-refractivity contribution in [2.75, 3.05) is 0 Å². The van der Waals surface area contributed by atoms with Crippen LogP contribution in [0.2, 0.25) is 0 Å². The lowest BCUT2D eigenvalue weighted by atomic mass is 10.1. The molecule has 0 heterocycles. The lowest BCUT2D eigenvalue weighted by molar-refractivity contribution is -0.147. The Balaban J connectivity index is 2.65. The molecule has 0 aromatic heterocycles. The minimum absolute atomic E-state index is 0.0718. The Labute approximate surface area is 148 Å². The Morgan fingerprint density at radius 2 is 1.69 bits per heavy atom. The molecule has 0 unspecified atom stereocenters. The number of aliphatic carboxylic acids is 2. The average molecular weight is 368 g/mol. The number of hydrogen-bond donors (Lipinski definition) is 5. The lowest BCUT2D eigenvalue weighted by Gasteiger charge is -2.22. The van der Waals surface area contributed by atoms with Crippen molar-refractivity contribution in [3.8, 4) is 0 Å². The number of benzene rings is 1. The van der Waals surface area contributed by atoms with Gasteiger partial charge in [-0.2, -0.15) is 0 Å². The molecule has 0 aliphatic carbocycles. The van der Waals surface area contributed by atoms with Gasteiger partial charge in [-0.25, -0.2) is 9.59 Å². The van der Waals surface area contributed by atoms with Gasteiger partial charge in [-0.3, -0.25) is 9.59 Å². The van der Waals surface area contributed by atoms with E-state index in [0.717, 1.165) is 0 Å². The summed E-state index contributed by atoms with van der Waals surface area (Å²) in [6.07, 6.45) is -3.23. The molecule has 2 amide bonds. The molecule has 1 rings (SSSR count). The van der Waals surface area contributed by atoms with Crippen LogP contribution in [0.15, 0.2) is 30.3 Å². The number of aliphatic hydroxyl groups excluding tert-OH is 1. The minimum atomic E-state index is -1.71. The molecule has 0 spiro atoms. The van der Waals surface area contributed by atoms with Gasteiger partial charge in [0.1, 0.15) is 18.7 Å². The van der Waals surface area contributed by atoms with Crippen molar-refractivity contribution in [3.05, 3.63) is 35.9 Å². The van der Waals surface area contributed by atoms with Gasteiger partial charge in [0.05, 0.1) is 12.5 Å². The van der Waals surface area contributed by atoms with Gasteiger partial charge in [-0.1, -0.05) is 30.3 Å². The maximum Gasteiger partial charge on any atom is 0.408 e. The Morgan fingerprint density at radius 3 is 2.19 bits per heavy atom. The first-order valence-electron chi connectivity index (χ1n) is 7.61. The van der Waals surface area contributed by atoms with Gasteiger partial charge < -0.3 is 30.7 Å². The number of rotatable bonds is 9. The first-order valence-corrected chi connectivity index (χ1v) is 7.61. The van der Waals surface area contributed by atoms with Crippen LogP contribution in [0.5, 0.6) is 0 Å². The summed E-state index contributed by atoms with van der Waals surface area (Å²) >= 11 is 0. The SMILES string of the molecule is C[C@@H](O)[C@H](NC(=O)OCc1ccccc1)C(=O)N[C@H](CC(=O)O)C(=O)O. The second kappa shape index (κ2) is 9.99. The van der Waals surface area contributed by atoms with Crippen molar-refractivity contribution >= 4 is 23.9 Å². The normalized spacial score (nSPS) is 13.8. The Hall–Kier alpha value is -3.14. The number of carboxylic acid groups (broad SMARTS) is 2. The van der Waals surface area contributed by atoms with Crippen LogP contribution >= 0.6 is 0 Å². The van der Waals surface area contributed by atoms with Gasteiger partial charge in [0.25, 0.3) is 0 Å². The molecular weight excluding hydrogens is 348 g/mol. The molecule has 0 fully saturated rings. The monoisotopic (exact) mass is 368 g/mol. The summed E-state index contributed by atoms with van der Waals surface area (Å²) in [7, 11) is 0. The summed E-state index contributed by atoms with van der Waals surface area (Å²) in [4.78, 5) is 45.5. The summed E-state index contributed by atoms with van der Waals surface area (Å²) in [6, 6.07) is 5.49. The molecule has 142 valence electrons. The minimum Gasteiger partial charge on any atom is -0.481 e. The lowest BCUT2D eigenvalue weighted by Crippen LogP contribution is -2.56. The summed E-state index contributed by atoms with van der Waals surface area (Å²) < 4.78 is 4.92. The van der Waals surface area contributed by atoms with Crippen LogP contribution in [0.25, 0.3) is 0 Å². The Kier molecular flexibility index (Phi) is 8.03. The van der Waals surface area contributed by atoms with E-state index in [1.807, 2.05) is 5.32 Å². The zero-order chi connectivity index (χ0) is 19.7. The molecule has 0 aliphatic heterocycles. The molecule has 1 aromatic carbocycles. The predicted molar refractivity (Wildman–Crippen MR) is 87.1 cm³/mol. The van der Waals surface area contributed by atoms with Crippen molar-refractivity contribution in [1.29, 1.82) is 0 Å². The number of aliphatic hydroxyl groups is 1. The molecule has 10 nitrogen and oxygen atoms in total. The summed E-state index contributed by atoms with van der Waals surface area (Å²) in [5.74, 6) is -4.04. The highest BCUT2D eigenvalue weighted by Crippen LogP contribution is 2.02. The standard InChI is InChI=1S/C16H20N2O8/c1-9(19)13(14(22)17-11(15(23)24)7-12(20)21)18-16(25)26-8-10-5-3-2-4-6-10/h2-6,9,11,13,19H,7-8H2,1H3,(H,17,22)(H,18,25)(H,20,21)(H,23,24)/t9-,11-,13+/m1/s1. The molecule has 0 saturated heterocycles. The maximum atomic E-state index is 12.1. The highest BCUT2D eigenvalue weighted by atomic mass is 16.5. The second-order valence-electron chi connectivity index (χ2n) is 5.42.